The van der Waals surface area contributed by atoms with E-state index in [1.54, 1.807) is 6.08 Å². The third kappa shape index (κ3) is 45.2. The summed E-state index contributed by atoms with van der Waals surface area (Å²) in [4.78, 5) is 37.8. The van der Waals surface area contributed by atoms with E-state index in [-0.39, 0.29) is 38.0 Å². The van der Waals surface area contributed by atoms with Gasteiger partial charge in [-0.25, -0.2) is 0 Å². The fourth-order valence-electron chi connectivity index (χ4n) is 5.92. The third-order valence-electron chi connectivity index (χ3n) is 9.49. The zero-order valence-corrected chi connectivity index (χ0v) is 38.4. The van der Waals surface area contributed by atoms with Gasteiger partial charge in [0.15, 0.2) is 6.10 Å². The van der Waals surface area contributed by atoms with E-state index >= 15 is 0 Å². The van der Waals surface area contributed by atoms with Crippen molar-refractivity contribution in [3.63, 3.8) is 0 Å². The molecule has 6 nitrogen and oxygen atoms in total. The predicted octanol–water partition coefficient (Wildman–Crippen LogP) is 15.6. The molecule has 0 radical (unpaired) electrons. The lowest BCUT2D eigenvalue weighted by Gasteiger charge is -2.18. The van der Waals surface area contributed by atoms with Crippen molar-refractivity contribution < 1.29 is 28.6 Å². The van der Waals surface area contributed by atoms with Crippen molar-refractivity contribution in [2.45, 2.75) is 200 Å². The van der Waals surface area contributed by atoms with Gasteiger partial charge in [-0.05, 0) is 96.3 Å². The smallest absolute Gasteiger partial charge is 0.309 e. The summed E-state index contributed by atoms with van der Waals surface area (Å²) in [6, 6.07) is 0. The van der Waals surface area contributed by atoms with Gasteiger partial charge in [0.1, 0.15) is 13.2 Å². The van der Waals surface area contributed by atoms with Crippen molar-refractivity contribution in [2.24, 2.45) is 0 Å². The van der Waals surface area contributed by atoms with E-state index in [0.29, 0.717) is 6.42 Å². The van der Waals surface area contributed by atoms with Gasteiger partial charge in [-0.2, -0.15) is 0 Å². The maximum absolute atomic E-state index is 12.7. The van der Waals surface area contributed by atoms with Crippen LogP contribution in [0, 0.1) is 0 Å². The Morgan fingerprint density at radius 2 is 0.750 bits per heavy atom. The van der Waals surface area contributed by atoms with Crippen LogP contribution in [0.3, 0.4) is 0 Å². The fourth-order valence-corrected chi connectivity index (χ4v) is 5.92. The van der Waals surface area contributed by atoms with Crippen molar-refractivity contribution in [1.29, 1.82) is 0 Å². The highest BCUT2D eigenvalue weighted by molar-refractivity contribution is 5.72. The molecule has 60 heavy (non-hydrogen) atoms. The molecule has 0 bridgehead atoms. The van der Waals surface area contributed by atoms with Gasteiger partial charge < -0.3 is 14.2 Å². The van der Waals surface area contributed by atoms with E-state index in [2.05, 4.69) is 118 Å². The summed E-state index contributed by atoms with van der Waals surface area (Å²) >= 11 is 0. The molecule has 0 saturated heterocycles. The Balaban J connectivity index is 4.58. The molecule has 6 heteroatoms. The number of hydrogen-bond donors (Lipinski definition) is 0. The van der Waals surface area contributed by atoms with Crippen LogP contribution in [0.2, 0.25) is 0 Å². The van der Waals surface area contributed by atoms with Crippen molar-refractivity contribution >= 4 is 17.9 Å². The molecule has 0 aliphatic heterocycles. The molecule has 0 spiro atoms. The first-order valence-electron chi connectivity index (χ1n) is 23.9. The Labute approximate surface area is 368 Å². The number of hydrogen-bond acceptors (Lipinski definition) is 6. The molecule has 0 aliphatic carbocycles. The van der Waals surface area contributed by atoms with Gasteiger partial charge in [0, 0.05) is 12.8 Å². The molecule has 0 amide bonds. The highest BCUT2D eigenvalue weighted by atomic mass is 16.6. The van der Waals surface area contributed by atoms with Crippen LogP contribution < -0.4 is 0 Å². The largest absolute Gasteiger partial charge is 0.462 e. The number of unbranched alkanes of at least 4 members (excludes halogenated alkanes) is 13. The average Bonchev–Trinajstić information content (AvgIpc) is 3.24. The van der Waals surface area contributed by atoms with Crippen molar-refractivity contribution in [2.75, 3.05) is 13.2 Å². The van der Waals surface area contributed by atoms with Crippen LogP contribution in [0.4, 0.5) is 0 Å². The Morgan fingerprint density at radius 3 is 1.23 bits per heavy atom. The summed E-state index contributed by atoms with van der Waals surface area (Å²) in [6.07, 6.45) is 63.7. The predicted molar refractivity (Wildman–Crippen MR) is 256 cm³/mol. The zero-order valence-electron chi connectivity index (χ0n) is 38.4. The number of ether oxygens (including phenoxy) is 3. The summed E-state index contributed by atoms with van der Waals surface area (Å²) in [5.74, 6) is -1.09. The molecule has 0 aliphatic rings. The molecule has 0 fully saturated rings. The SMILES string of the molecule is CC/C=C\C/C=C\C/C=C\C/C=C\C/C=C\CC(=O)OCC(COC(=O)CCCCCCC/C=C\C/C=C\CCC)OC(=O)CCCCCCC/C=C\C/C=C\CCCC. The maximum atomic E-state index is 12.7. The van der Waals surface area contributed by atoms with Crippen LogP contribution >= 0.6 is 0 Å². The summed E-state index contributed by atoms with van der Waals surface area (Å²) in [7, 11) is 0. The van der Waals surface area contributed by atoms with Gasteiger partial charge in [-0.3, -0.25) is 14.4 Å². The van der Waals surface area contributed by atoms with Crippen LogP contribution in [0.15, 0.2) is 109 Å². The molecule has 1 atom stereocenters. The monoisotopic (exact) mass is 831 g/mol. The van der Waals surface area contributed by atoms with Crippen LogP contribution in [0.1, 0.15) is 194 Å². The Morgan fingerprint density at radius 1 is 0.367 bits per heavy atom. The lowest BCUT2D eigenvalue weighted by molar-refractivity contribution is -0.166. The van der Waals surface area contributed by atoms with E-state index < -0.39 is 12.1 Å². The molecule has 0 aromatic heterocycles. The van der Waals surface area contributed by atoms with E-state index in [1.807, 2.05) is 6.08 Å². The van der Waals surface area contributed by atoms with Crippen LogP contribution in [0.25, 0.3) is 0 Å². The molecular formula is C54H86O6. The van der Waals surface area contributed by atoms with Crippen LogP contribution in [0.5, 0.6) is 0 Å². The Kier molecular flexibility index (Phi) is 44.6. The first-order valence-corrected chi connectivity index (χ1v) is 23.9. The normalized spacial score (nSPS) is 13.1. The minimum Gasteiger partial charge on any atom is -0.462 e. The second kappa shape index (κ2) is 47.7. The number of allylic oxidation sites excluding steroid dienone is 17. The topological polar surface area (TPSA) is 78.9 Å². The second-order valence-corrected chi connectivity index (χ2v) is 15.3. The van der Waals surface area contributed by atoms with Gasteiger partial charge in [0.25, 0.3) is 0 Å². The van der Waals surface area contributed by atoms with Crippen molar-refractivity contribution in [3.05, 3.63) is 109 Å². The second-order valence-electron chi connectivity index (χ2n) is 15.3. The summed E-state index contributed by atoms with van der Waals surface area (Å²) in [5, 5.41) is 0. The molecule has 1 unspecified atom stereocenters. The average molecular weight is 831 g/mol. The molecule has 0 aromatic carbocycles. The number of carbonyl (C=O) groups excluding carboxylic acids is 3. The minimum absolute atomic E-state index is 0.118. The van der Waals surface area contributed by atoms with E-state index in [0.717, 1.165) is 128 Å². The number of esters is 3. The van der Waals surface area contributed by atoms with E-state index in [4.69, 9.17) is 14.2 Å². The standard InChI is InChI=1S/C54H86O6/c1-4-7-10-13-16-19-22-25-27-30-32-35-38-41-44-47-53(56)59-50-51(49-58-52(55)46-43-40-37-34-31-28-24-21-18-15-12-9-6-3)60-54(57)48-45-42-39-36-33-29-26-23-20-17-14-11-8-5-2/h7,10,12,14-17,19,21,23-27,32,35,41,44,51H,4-6,8-9,11,13,18,20,22,28-31,33-34,36-40,42-43,45-50H2,1-3H3/b10-7-,15-12-,17-14-,19-16-,24-21-,26-23-,27-25-,35-32-,44-41-. The van der Waals surface area contributed by atoms with Gasteiger partial charge in [0.2, 0.25) is 0 Å². The van der Waals surface area contributed by atoms with Gasteiger partial charge in [-0.15, -0.1) is 0 Å². The van der Waals surface area contributed by atoms with Gasteiger partial charge in [-0.1, -0.05) is 188 Å². The Hall–Kier alpha value is -3.93. The van der Waals surface area contributed by atoms with Gasteiger partial charge >= 0.3 is 17.9 Å². The van der Waals surface area contributed by atoms with Crippen LogP contribution in [-0.4, -0.2) is 37.2 Å². The van der Waals surface area contributed by atoms with Gasteiger partial charge in [0.05, 0.1) is 6.42 Å². The minimum atomic E-state index is -0.831. The number of rotatable bonds is 41. The highest BCUT2D eigenvalue weighted by Crippen LogP contribution is 2.12. The first-order chi connectivity index (χ1) is 29.5. The fraction of sp³-hybridized carbons (Fsp3) is 0.611. The lowest BCUT2D eigenvalue weighted by Crippen LogP contribution is -2.30. The van der Waals surface area contributed by atoms with Crippen LogP contribution in [-0.2, 0) is 28.6 Å². The van der Waals surface area contributed by atoms with E-state index in [1.165, 1.54) is 25.7 Å². The third-order valence-corrected chi connectivity index (χ3v) is 9.49. The summed E-state index contributed by atoms with van der Waals surface area (Å²) < 4.78 is 16.6. The molecule has 0 heterocycles. The highest BCUT2D eigenvalue weighted by Gasteiger charge is 2.19. The molecule has 0 aromatic rings. The quantitative estimate of drug-likeness (QED) is 0.0264. The first kappa shape index (κ1) is 56.1. The molecule has 0 N–H and O–H groups in total. The Bertz CT molecular complexity index is 1280. The van der Waals surface area contributed by atoms with Crippen molar-refractivity contribution in [1.82, 2.24) is 0 Å². The van der Waals surface area contributed by atoms with E-state index in [9.17, 15) is 14.4 Å². The summed E-state index contributed by atoms with van der Waals surface area (Å²) in [6.45, 7) is 6.28. The molecular weight excluding hydrogens is 745 g/mol. The molecule has 338 valence electrons. The molecule has 0 rings (SSSR count). The maximum Gasteiger partial charge on any atom is 0.309 e. The van der Waals surface area contributed by atoms with Crippen molar-refractivity contribution in [3.8, 4) is 0 Å². The number of carbonyl (C=O) groups is 3. The lowest BCUT2D eigenvalue weighted by atomic mass is 10.1. The summed E-state index contributed by atoms with van der Waals surface area (Å²) in [5.41, 5.74) is 0. The molecule has 0 saturated carbocycles. The zero-order chi connectivity index (χ0) is 43.7.